The van der Waals surface area contributed by atoms with Crippen LogP contribution < -0.4 is 5.32 Å². The molecular formula is C26H30N2O4S. The van der Waals surface area contributed by atoms with Crippen LogP contribution in [0.2, 0.25) is 0 Å². The van der Waals surface area contributed by atoms with Crippen molar-refractivity contribution < 1.29 is 19.5 Å². The van der Waals surface area contributed by atoms with E-state index in [-0.39, 0.29) is 17.7 Å². The van der Waals surface area contributed by atoms with Gasteiger partial charge in [-0.1, -0.05) is 44.2 Å². The first-order valence-electron chi connectivity index (χ1n) is 11.5. The van der Waals surface area contributed by atoms with Crippen molar-refractivity contribution in [3.63, 3.8) is 0 Å². The summed E-state index contributed by atoms with van der Waals surface area (Å²) in [7, 11) is 0. The number of carbonyl (C=O) groups is 3. The van der Waals surface area contributed by atoms with E-state index in [1.165, 1.54) is 5.56 Å². The monoisotopic (exact) mass is 466 g/mol. The first-order chi connectivity index (χ1) is 15.8. The summed E-state index contributed by atoms with van der Waals surface area (Å²) in [6.07, 6.45) is 2.44. The lowest BCUT2D eigenvalue weighted by Crippen LogP contribution is -2.54. The third-order valence-electron chi connectivity index (χ3n) is 6.77. The second-order valence-electron chi connectivity index (χ2n) is 9.19. The van der Waals surface area contributed by atoms with E-state index in [4.69, 9.17) is 0 Å². The maximum Gasteiger partial charge on any atom is 0.327 e. The molecule has 0 unspecified atom stereocenters. The van der Waals surface area contributed by atoms with Crippen molar-refractivity contribution in [3.05, 3.63) is 65.7 Å². The Morgan fingerprint density at radius 1 is 1.03 bits per heavy atom. The molecule has 6 nitrogen and oxygen atoms in total. The average Bonchev–Trinajstić information content (AvgIpc) is 3.18. The van der Waals surface area contributed by atoms with Crippen LogP contribution in [0.3, 0.4) is 0 Å². The molecule has 2 aromatic rings. The van der Waals surface area contributed by atoms with Crippen molar-refractivity contribution >= 4 is 35.2 Å². The molecular weight excluding hydrogens is 436 g/mol. The normalized spacial score (nSPS) is 24.8. The number of anilines is 1. The number of thioether (sulfide) groups is 1. The Balaban J connectivity index is 1.45. The standard InChI is InChI=1S/C26H30N2O4S/c1-17(2)18-8-10-21(11-9-18)27-23(29)19-12-14-26(15-13-19)28(22(16-33-26)25(31)32)24(30)20-6-4-3-5-7-20/h3-11,17,19,22H,12-16H2,1-2H3,(H,27,29)(H,31,32)/t19?,22-,26?/m0/s1. The number of carbonyl (C=O) groups excluding carboxylic acids is 2. The fourth-order valence-electron chi connectivity index (χ4n) is 4.80. The molecule has 1 heterocycles. The van der Waals surface area contributed by atoms with E-state index in [9.17, 15) is 19.5 Å². The van der Waals surface area contributed by atoms with Crippen LogP contribution in [0.25, 0.3) is 0 Å². The zero-order chi connectivity index (χ0) is 23.6. The molecule has 33 heavy (non-hydrogen) atoms. The molecule has 0 aromatic heterocycles. The molecule has 2 amide bonds. The zero-order valence-electron chi connectivity index (χ0n) is 19.0. The van der Waals surface area contributed by atoms with Gasteiger partial charge >= 0.3 is 5.97 Å². The molecule has 2 aliphatic rings. The van der Waals surface area contributed by atoms with E-state index in [2.05, 4.69) is 19.2 Å². The Hall–Kier alpha value is -2.80. The molecule has 2 N–H and O–H groups in total. The molecule has 4 rings (SSSR count). The number of nitrogens with one attached hydrogen (secondary N) is 1. The number of nitrogens with zero attached hydrogens (tertiary/aromatic N) is 1. The number of benzene rings is 2. The quantitative estimate of drug-likeness (QED) is 0.649. The van der Waals surface area contributed by atoms with Gasteiger partial charge in [-0.15, -0.1) is 11.8 Å². The molecule has 0 bridgehead atoms. The molecule has 1 saturated carbocycles. The number of hydrogen-bond acceptors (Lipinski definition) is 4. The van der Waals surface area contributed by atoms with Crippen LogP contribution in [-0.2, 0) is 9.59 Å². The molecule has 7 heteroatoms. The van der Waals surface area contributed by atoms with Crippen molar-refractivity contribution in [2.75, 3.05) is 11.1 Å². The Bertz CT molecular complexity index is 1010. The highest BCUT2D eigenvalue weighted by molar-refractivity contribution is 8.01. The largest absolute Gasteiger partial charge is 0.480 e. The van der Waals surface area contributed by atoms with Crippen molar-refractivity contribution in [3.8, 4) is 0 Å². The number of rotatable bonds is 5. The Labute approximate surface area is 198 Å². The molecule has 1 spiro atoms. The molecule has 1 aliphatic heterocycles. The molecule has 1 saturated heterocycles. The highest BCUT2D eigenvalue weighted by Crippen LogP contribution is 2.51. The molecule has 2 aromatic carbocycles. The predicted molar refractivity (Wildman–Crippen MR) is 130 cm³/mol. The lowest BCUT2D eigenvalue weighted by atomic mass is 9.83. The topological polar surface area (TPSA) is 86.7 Å². The minimum atomic E-state index is -0.978. The third-order valence-corrected chi connectivity index (χ3v) is 8.39. The summed E-state index contributed by atoms with van der Waals surface area (Å²) in [6.45, 7) is 4.26. The van der Waals surface area contributed by atoms with Gasteiger partial charge in [-0.2, -0.15) is 0 Å². The minimum Gasteiger partial charge on any atom is -0.480 e. The maximum atomic E-state index is 13.3. The summed E-state index contributed by atoms with van der Waals surface area (Å²) in [5.74, 6) is -0.592. The summed E-state index contributed by atoms with van der Waals surface area (Å²) in [4.78, 5) is 39.2. The van der Waals surface area contributed by atoms with Crippen LogP contribution in [-0.4, -0.2) is 44.5 Å². The van der Waals surface area contributed by atoms with Crippen LogP contribution in [0.4, 0.5) is 5.69 Å². The van der Waals surface area contributed by atoms with Crippen molar-refractivity contribution in [1.82, 2.24) is 4.90 Å². The van der Waals surface area contributed by atoms with Crippen LogP contribution >= 0.6 is 11.8 Å². The number of carboxylic acids is 1. The van der Waals surface area contributed by atoms with Crippen LogP contribution in [0.5, 0.6) is 0 Å². The fraction of sp³-hybridized carbons (Fsp3) is 0.423. The first-order valence-corrected chi connectivity index (χ1v) is 12.5. The van der Waals surface area contributed by atoms with Gasteiger partial charge in [0.1, 0.15) is 6.04 Å². The van der Waals surface area contributed by atoms with E-state index in [1.54, 1.807) is 40.9 Å². The Morgan fingerprint density at radius 3 is 2.24 bits per heavy atom. The second-order valence-corrected chi connectivity index (χ2v) is 10.6. The van der Waals surface area contributed by atoms with Crippen LogP contribution in [0.15, 0.2) is 54.6 Å². The molecule has 2 fully saturated rings. The van der Waals surface area contributed by atoms with E-state index in [0.29, 0.717) is 42.9 Å². The third kappa shape index (κ3) is 4.78. The Kier molecular flexibility index (Phi) is 6.79. The number of aliphatic carboxylic acids is 1. The summed E-state index contributed by atoms with van der Waals surface area (Å²) in [6, 6.07) is 15.9. The van der Waals surface area contributed by atoms with Gasteiger partial charge in [-0.3, -0.25) is 9.59 Å². The maximum absolute atomic E-state index is 13.3. The van der Waals surface area contributed by atoms with E-state index in [0.717, 1.165) is 5.69 Å². The van der Waals surface area contributed by atoms with Gasteiger partial charge in [-0.25, -0.2) is 4.79 Å². The molecule has 174 valence electrons. The number of amides is 2. The van der Waals surface area contributed by atoms with Gasteiger partial charge in [0.25, 0.3) is 5.91 Å². The lowest BCUT2D eigenvalue weighted by Gasteiger charge is -2.43. The lowest BCUT2D eigenvalue weighted by molar-refractivity contribution is -0.142. The molecule has 0 radical (unpaired) electrons. The number of hydrogen-bond donors (Lipinski definition) is 2. The van der Waals surface area contributed by atoms with E-state index < -0.39 is 16.9 Å². The molecule has 1 atom stereocenters. The smallest absolute Gasteiger partial charge is 0.327 e. The summed E-state index contributed by atoms with van der Waals surface area (Å²) in [5, 5.41) is 12.8. The predicted octanol–water partition coefficient (Wildman–Crippen LogP) is 4.98. The second kappa shape index (κ2) is 9.59. The highest BCUT2D eigenvalue weighted by atomic mass is 32.2. The summed E-state index contributed by atoms with van der Waals surface area (Å²) >= 11 is 1.55. The SMILES string of the molecule is CC(C)c1ccc(NC(=O)C2CCC3(CC2)SC[C@@H](C(=O)O)N3C(=O)c2ccccc2)cc1. The van der Waals surface area contributed by atoms with Gasteiger partial charge in [0, 0.05) is 22.9 Å². The first kappa shape index (κ1) is 23.4. The van der Waals surface area contributed by atoms with Crippen LogP contribution in [0, 0.1) is 5.92 Å². The minimum absolute atomic E-state index is 0.0131. The van der Waals surface area contributed by atoms with Crippen molar-refractivity contribution in [2.24, 2.45) is 5.92 Å². The van der Waals surface area contributed by atoms with Crippen LogP contribution in [0.1, 0.15) is 61.4 Å². The Morgan fingerprint density at radius 2 is 1.67 bits per heavy atom. The summed E-state index contributed by atoms with van der Waals surface area (Å²) < 4.78 is 0. The van der Waals surface area contributed by atoms with E-state index >= 15 is 0 Å². The van der Waals surface area contributed by atoms with Gasteiger partial charge in [0.2, 0.25) is 5.91 Å². The van der Waals surface area contributed by atoms with Gasteiger partial charge < -0.3 is 15.3 Å². The van der Waals surface area contributed by atoms with Crippen molar-refractivity contribution in [2.45, 2.75) is 56.4 Å². The zero-order valence-corrected chi connectivity index (χ0v) is 19.8. The van der Waals surface area contributed by atoms with Gasteiger partial charge in [0.15, 0.2) is 0 Å². The van der Waals surface area contributed by atoms with Gasteiger partial charge in [0.05, 0.1) is 4.87 Å². The number of carboxylic acid groups (broad SMARTS) is 1. The summed E-state index contributed by atoms with van der Waals surface area (Å²) in [5.41, 5.74) is 2.50. The van der Waals surface area contributed by atoms with E-state index in [1.807, 2.05) is 30.3 Å². The van der Waals surface area contributed by atoms with Gasteiger partial charge in [-0.05, 0) is 61.4 Å². The highest BCUT2D eigenvalue weighted by Gasteiger charge is 2.54. The fourth-order valence-corrected chi connectivity index (χ4v) is 6.44. The average molecular weight is 467 g/mol. The van der Waals surface area contributed by atoms with Crippen molar-refractivity contribution in [1.29, 1.82) is 0 Å². The molecule has 1 aliphatic carbocycles.